The SMILES string of the molecule is Cc1nc2ccc([C@H](CC=O)O[Si](C)(C)C(C)(C)C)cc2s1. The second-order valence-electron chi connectivity index (χ2n) is 7.23. The van der Waals surface area contributed by atoms with E-state index in [1.807, 2.05) is 19.1 Å². The number of fused-ring (bicyclic) bond motifs is 1. The Balaban J connectivity index is 2.35. The molecular formula is C17H25NO2SSi. The van der Waals surface area contributed by atoms with Gasteiger partial charge in [0.05, 0.1) is 21.3 Å². The third-order valence-corrected chi connectivity index (χ3v) is 9.86. The summed E-state index contributed by atoms with van der Waals surface area (Å²) >= 11 is 1.68. The van der Waals surface area contributed by atoms with Gasteiger partial charge in [-0.25, -0.2) is 4.98 Å². The molecule has 1 aromatic carbocycles. The molecule has 0 spiro atoms. The summed E-state index contributed by atoms with van der Waals surface area (Å²) < 4.78 is 7.63. The Hall–Kier alpha value is -1.04. The Bertz CT molecular complexity index is 673. The number of carbonyl (C=O) groups is 1. The molecule has 1 aromatic heterocycles. The van der Waals surface area contributed by atoms with Gasteiger partial charge in [0, 0.05) is 6.42 Å². The molecule has 2 rings (SSSR count). The van der Waals surface area contributed by atoms with E-state index < -0.39 is 8.32 Å². The van der Waals surface area contributed by atoms with Crippen LogP contribution in [-0.4, -0.2) is 19.6 Å². The van der Waals surface area contributed by atoms with Crippen LogP contribution in [0.5, 0.6) is 0 Å². The largest absolute Gasteiger partial charge is 0.410 e. The minimum Gasteiger partial charge on any atom is -0.410 e. The van der Waals surface area contributed by atoms with Gasteiger partial charge in [-0.3, -0.25) is 0 Å². The minimum absolute atomic E-state index is 0.124. The molecule has 0 N–H and O–H groups in total. The predicted molar refractivity (Wildman–Crippen MR) is 96.1 cm³/mol. The molecule has 0 aliphatic rings. The monoisotopic (exact) mass is 335 g/mol. The lowest BCUT2D eigenvalue weighted by Gasteiger charge is -2.39. The second-order valence-corrected chi connectivity index (χ2v) is 13.2. The molecule has 0 fully saturated rings. The van der Waals surface area contributed by atoms with Crippen LogP contribution in [0.1, 0.15) is 43.9 Å². The smallest absolute Gasteiger partial charge is 0.192 e. The number of nitrogens with zero attached hydrogens (tertiary/aromatic N) is 1. The van der Waals surface area contributed by atoms with Crippen molar-refractivity contribution in [2.45, 2.75) is 58.4 Å². The van der Waals surface area contributed by atoms with E-state index in [1.54, 1.807) is 11.3 Å². The number of aryl methyl sites for hydroxylation is 1. The van der Waals surface area contributed by atoms with Crippen LogP contribution in [-0.2, 0) is 9.22 Å². The summed E-state index contributed by atoms with van der Waals surface area (Å²) in [7, 11) is -1.92. The number of aromatic nitrogens is 1. The maximum absolute atomic E-state index is 11.1. The van der Waals surface area contributed by atoms with Gasteiger partial charge in [0.25, 0.3) is 0 Å². The van der Waals surface area contributed by atoms with E-state index in [0.29, 0.717) is 6.42 Å². The molecule has 1 heterocycles. The minimum atomic E-state index is -1.92. The quantitative estimate of drug-likeness (QED) is 0.553. The van der Waals surface area contributed by atoms with Crippen molar-refractivity contribution in [1.82, 2.24) is 4.98 Å². The lowest BCUT2D eigenvalue weighted by Crippen LogP contribution is -2.41. The third kappa shape index (κ3) is 3.64. The van der Waals surface area contributed by atoms with Gasteiger partial charge >= 0.3 is 0 Å². The van der Waals surface area contributed by atoms with E-state index in [-0.39, 0.29) is 11.1 Å². The van der Waals surface area contributed by atoms with Crippen LogP contribution < -0.4 is 0 Å². The second kappa shape index (κ2) is 6.22. The van der Waals surface area contributed by atoms with Crippen molar-refractivity contribution >= 4 is 36.2 Å². The van der Waals surface area contributed by atoms with Crippen LogP contribution in [0.4, 0.5) is 0 Å². The predicted octanol–water partition coefficient (Wildman–Crippen LogP) is 5.26. The summed E-state index contributed by atoms with van der Waals surface area (Å²) in [6.45, 7) is 13.1. The van der Waals surface area contributed by atoms with Crippen molar-refractivity contribution in [2.75, 3.05) is 0 Å². The van der Waals surface area contributed by atoms with Gasteiger partial charge in [0.15, 0.2) is 8.32 Å². The highest BCUT2D eigenvalue weighted by Crippen LogP contribution is 2.40. The van der Waals surface area contributed by atoms with Crippen LogP contribution >= 0.6 is 11.3 Å². The Kier molecular flexibility index (Phi) is 4.89. The van der Waals surface area contributed by atoms with E-state index >= 15 is 0 Å². The number of aldehydes is 1. The van der Waals surface area contributed by atoms with Gasteiger partial charge in [-0.2, -0.15) is 0 Å². The van der Waals surface area contributed by atoms with Gasteiger partial charge in [-0.1, -0.05) is 26.8 Å². The summed E-state index contributed by atoms with van der Waals surface area (Å²) in [4.78, 5) is 15.6. The fourth-order valence-electron chi connectivity index (χ4n) is 2.13. The highest BCUT2D eigenvalue weighted by molar-refractivity contribution is 7.18. The molecule has 120 valence electrons. The summed E-state index contributed by atoms with van der Waals surface area (Å²) in [5.74, 6) is 0. The normalized spacial score (nSPS) is 14.3. The fourth-order valence-corrected chi connectivity index (χ4v) is 4.30. The lowest BCUT2D eigenvalue weighted by atomic mass is 10.1. The Morgan fingerprint density at radius 2 is 2.05 bits per heavy atom. The van der Waals surface area contributed by atoms with E-state index in [2.05, 4.69) is 44.9 Å². The lowest BCUT2D eigenvalue weighted by molar-refractivity contribution is -0.109. The number of benzene rings is 1. The molecule has 0 bridgehead atoms. The first-order valence-corrected chi connectivity index (χ1v) is 11.3. The first-order valence-electron chi connectivity index (χ1n) is 7.62. The molecule has 5 heteroatoms. The molecule has 0 saturated heterocycles. The molecule has 0 radical (unpaired) electrons. The van der Waals surface area contributed by atoms with Gasteiger partial charge < -0.3 is 9.22 Å². The summed E-state index contributed by atoms with van der Waals surface area (Å²) in [6.07, 6.45) is 1.20. The van der Waals surface area contributed by atoms with Crippen LogP contribution in [0.2, 0.25) is 18.1 Å². The zero-order chi connectivity index (χ0) is 16.5. The first kappa shape index (κ1) is 17.3. The van der Waals surface area contributed by atoms with E-state index in [1.165, 1.54) is 0 Å². The number of carbonyl (C=O) groups excluding carboxylic acids is 1. The van der Waals surface area contributed by atoms with Crippen molar-refractivity contribution in [1.29, 1.82) is 0 Å². The zero-order valence-electron chi connectivity index (χ0n) is 14.3. The van der Waals surface area contributed by atoms with Gasteiger partial charge in [-0.15, -0.1) is 11.3 Å². The average Bonchev–Trinajstić information content (AvgIpc) is 2.75. The van der Waals surface area contributed by atoms with Crippen molar-refractivity contribution in [3.63, 3.8) is 0 Å². The van der Waals surface area contributed by atoms with E-state index in [0.717, 1.165) is 27.1 Å². The summed E-state index contributed by atoms with van der Waals surface area (Å²) in [5, 5.41) is 1.18. The molecular weight excluding hydrogens is 310 g/mol. The molecule has 0 aliphatic heterocycles. The maximum atomic E-state index is 11.1. The molecule has 0 amide bonds. The number of rotatable bonds is 5. The summed E-state index contributed by atoms with van der Waals surface area (Å²) in [6, 6.07) is 6.20. The van der Waals surface area contributed by atoms with E-state index in [4.69, 9.17) is 4.43 Å². The van der Waals surface area contributed by atoms with Crippen molar-refractivity contribution in [2.24, 2.45) is 0 Å². The van der Waals surface area contributed by atoms with Crippen LogP contribution in [0.15, 0.2) is 18.2 Å². The standard InChI is InChI=1S/C17H25NO2SSi/c1-12-18-14-8-7-13(11-16(14)21-12)15(9-10-19)20-22(5,6)17(2,3)4/h7-8,10-11,15H,9H2,1-6H3/t15-/m0/s1. The zero-order valence-corrected chi connectivity index (χ0v) is 16.1. The van der Waals surface area contributed by atoms with Crippen LogP contribution in [0.25, 0.3) is 10.2 Å². The topological polar surface area (TPSA) is 39.2 Å². The Labute approximate surface area is 137 Å². The van der Waals surface area contributed by atoms with E-state index in [9.17, 15) is 4.79 Å². The Morgan fingerprint density at radius 3 is 2.64 bits per heavy atom. The van der Waals surface area contributed by atoms with Crippen LogP contribution in [0, 0.1) is 6.92 Å². The molecule has 2 aromatic rings. The highest BCUT2D eigenvalue weighted by Gasteiger charge is 2.39. The number of thiazole rings is 1. The maximum Gasteiger partial charge on any atom is 0.192 e. The molecule has 22 heavy (non-hydrogen) atoms. The van der Waals surface area contributed by atoms with Crippen molar-refractivity contribution in [3.8, 4) is 0 Å². The molecule has 3 nitrogen and oxygen atoms in total. The first-order chi connectivity index (χ1) is 10.1. The van der Waals surface area contributed by atoms with Crippen molar-refractivity contribution in [3.05, 3.63) is 28.8 Å². The molecule has 1 atom stereocenters. The highest BCUT2D eigenvalue weighted by atomic mass is 32.1. The molecule has 0 saturated carbocycles. The molecule has 0 aliphatic carbocycles. The van der Waals surface area contributed by atoms with Gasteiger partial charge in [0.2, 0.25) is 0 Å². The Morgan fingerprint density at radius 1 is 1.36 bits per heavy atom. The third-order valence-electron chi connectivity index (χ3n) is 4.44. The van der Waals surface area contributed by atoms with Crippen LogP contribution in [0.3, 0.4) is 0 Å². The van der Waals surface area contributed by atoms with Crippen molar-refractivity contribution < 1.29 is 9.22 Å². The number of hydrogen-bond acceptors (Lipinski definition) is 4. The summed E-state index contributed by atoms with van der Waals surface area (Å²) in [5.41, 5.74) is 2.09. The number of hydrogen-bond donors (Lipinski definition) is 0. The van der Waals surface area contributed by atoms with Gasteiger partial charge in [0.1, 0.15) is 6.29 Å². The van der Waals surface area contributed by atoms with Gasteiger partial charge in [-0.05, 0) is 42.8 Å². The average molecular weight is 336 g/mol. The fraction of sp³-hybridized carbons (Fsp3) is 0.529. The molecule has 0 unspecified atom stereocenters.